The van der Waals surface area contributed by atoms with Gasteiger partial charge in [0, 0.05) is 0 Å². The number of rotatable bonds is 0. The van der Waals surface area contributed by atoms with Crippen molar-refractivity contribution >= 4 is 0 Å². The molecule has 0 spiro atoms. The molecule has 0 unspecified atom stereocenters. The van der Waals surface area contributed by atoms with E-state index in [-0.39, 0.29) is 0 Å². The fraction of sp³-hybridized carbons (Fsp3) is 0.875. The van der Waals surface area contributed by atoms with Gasteiger partial charge in [-0.3, -0.25) is 0 Å². The molecule has 3 rings (SSSR count). The lowest BCUT2D eigenvalue weighted by molar-refractivity contribution is 0.283. The van der Waals surface area contributed by atoms with Gasteiger partial charge in [0.1, 0.15) is 0 Å². The first-order valence-corrected chi connectivity index (χ1v) is 3.79. The first-order valence-electron chi connectivity index (χ1n) is 3.79. The SMILES string of the molecule is C1CC2CC[C+]1CC2. The van der Waals surface area contributed by atoms with E-state index >= 15 is 0 Å². The van der Waals surface area contributed by atoms with Gasteiger partial charge < -0.3 is 0 Å². The molecule has 0 aliphatic heterocycles. The summed E-state index contributed by atoms with van der Waals surface area (Å²) in [6.45, 7) is 0. The molecule has 3 aliphatic carbocycles. The van der Waals surface area contributed by atoms with E-state index in [9.17, 15) is 0 Å². The van der Waals surface area contributed by atoms with Crippen molar-refractivity contribution in [1.29, 1.82) is 0 Å². The molecule has 3 aliphatic rings. The van der Waals surface area contributed by atoms with E-state index in [1.165, 1.54) is 38.5 Å². The Morgan fingerprint density at radius 1 is 0.875 bits per heavy atom. The summed E-state index contributed by atoms with van der Waals surface area (Å²) in [4.78, 5) is 0. The van der Waals surface area contributed by atoms with Crippen LogP contribution < -0.4 is 0 Å². The van der Waals surface area contributed by atoms with Crippen LogP contribution in [0.15, 0.2) is 0 Å². The first-order chi connectivity index (χ1) is 3.95. The molecule has 0 radical (unpaired) electrons. The minimum Gasteiger partial charge on any atom is -0.0293 e. The van der Waals surface area contributed by atoms with Crippen LogP contribution in [0, 0.1) is 11.8 Å². The molecule has 2 bridgehead atoms. The molecule has 0 aromatic rings. The molecular formula is C8H13+. The second-order valence-corrected chi connectivity index (χ2v) is 3.23. The zero-order valence-corrected chi connectivity index (χ0v) is 5.32. The van der Waals surface area contributed by atoms with Gasteiger partial charge in [0.05, 0.1) is 25.2 Å². The summed E-state index contributed by atoms with van der Waals surface area (Å²) >= 11 is 0. The summed E-state index contributed by atoms with van der Waals surface area (Å²) in [6.07, 6.45) is 9.00. The molecule has 0 nitrogen and oxygen atoms in total. The fourth-order valence-electron chi connectivity index (χ4n) is 2.03. The molecule has 44 valence electrons. The first kappa shape index (κ1) is 4.72. The number of fused-ring (bicyclic) bond motifs is 3. The van der Waals surface area contributed by atoms with Crippen LogP contribution in [0.3, 0.4) is 0 Å². The Kier molecular flexibility index (Phi) is 0.991. The van der Waals surface area contributed by atoms with E-state index in [0.717, 1.165) is 5.92 Å². The van der Waals surface area contributed by atoms with Crippen LogP contribution in [0.2, 0.25) is 0 Å². The Labute approximate surface area is 51.3 Å². The van der Waals surface area contributed by atoms with Gasteiger partial charge in [0.25, 0.3) is 0 Å². The molecule has 0 N–H and O–H groups in total. The largest absolute Gasteiger partial charge is 0.0904 e. The van der Waals surface area contributed by atoms with Gasteiger partial charge in [-0.25, -0.2) is 0 Å². The van der Waals surface area contributed by atoms with Crippen LogP contribution in [-0.4, -0.2) is 0 Å². The van der Waals surface area contributed by atoms with Gasteiger partial charge in [-0.15, -0.1) is 0 Å². The Bertz CT molecular complexity index is 55.0. The maximum absolute atomic E-state index is 1.87. The van der Waals surface area contributed by atoms with Crippen molar-refractivity contribution in [3.8, 4) is 0 Å². The molecule has 0 amide bonds. The molecule has 3 saturated carbocycles. The van der Waals surface area contributed by atoms with E-state index in [4.69, 9.17) is 0 Å². The second kappa shape index (κ2) is 1.68. The lowest BCUT2D eigenvalue weighted by atomic mass is 9.71. The Morgan fingerprint density at radius 3 is 1.50 bits per heavy atom. The number of hydrogen-bond acceptors (Lipinski definition) is 0. The summed E-state index contributed by atoms with van der Waals surface area (Å²) < 4.78 is 0. The monoisotopic (exact) mass is 109 g/mol. The van der Waals surface area contributed by atoms with Crippen LogP contribution >= 0.6 is 0 Å². The normalized spacial score (nSPS) is 29.2. The summed E-state index contributed by atoms with van der Waals surface area (Å²) in [5.74, 6) is 3.00. The average Bonchev–Trinajstić information content (AvgIpc) is 1.92. The molecule has 0 heterocycles. The predicted molar refractivity (Wildman–Crippen MR) is 34.4 cm³/mol. The molecule has 0 saturated heterocycles. The van der Waals surface area contributed by atoms with Crippen molar-refractivity contribution in [3.63, 3.8) is 0 Å². The van der Waals surface area contributed by atoms with Crippen molar-refractivity contribution in [3.05, 3.63) is 5.92 Å². The highest BCUT2D eigenvalue weighted by molar-refractivity contribution is 4.99. The van der Waals surface area contributed by atoms with Gasteiger partial charge >= 0.3 is 0 Å². The molecule has 0 atom stereocenters. The smallest absolute Gasteiger partial charge is 0.0293 e. The number of hydrogen-bond donors (Lipinski definition) is 0. The maximum Gasteiger partial charge on any atom is 0.0904 e. The standard InChI is InChI=1S/C8H13/c1-2-8-5-3-7(1)4-6-8/h7H,1-6H2/q+1. The minimum absolute atomic E-state index is 1.13. The zero-order chi connectivity index (χ0) is 5.40. The van der Waals surface area contributed by atoms with Gasteiger partial charge in [0.2, 0.25) is 0 Å². The highest BCUT2D eigenvalue weighted by atomic mass is 14.3. The third-order valence-electron chi connectivity index (χ3n) is 2.72. The van der Waals surface area contributed by atoms with Gasteiger partial charge in [0.15, 0.2) is 0 Å². The van der Waals surface area contributed by atoms with E-state index in [2.05, 4.69) is 0 Å². The van der Waals surface area contributed by atoms with Crippen molar-refractivity contribution in [2.75, 3.05) is 0 Å². The lowest BCUT2D eigenvalue weighted by Crippen LogP contribution is -2.20. The van der Waals surface area contributed by atoms with E-state index in [1.54, 1.807) is 0 Å². The van der Waals surface area contributed by atoms with E-state index in [0.29, 0.717) is 0 Å². The summed E-state index contributed by atoms with van der Waals surface area (Å²) in [6, 6.07) is 0. The minimum atomic E-state index is 1.13. The Balaban J connectivity index is 2.03. The van der Waals surface area contributed by atoms with Crippen molar-refractivity contribution in [2.45, 2.75) is 38.5 Å². The van der Waals surface area contributed by atoms with E-state index in [1.807, 2.05) is 5.92 Å². The highest BCUT2D eigenvalue weighted by Gasteiger charge is 2.35. The zero-order valence-electron chi connectivity index (χ0n) is 5.32. The van der Waals surface area contributed by atoms with E-state index < -0.39 is 0 Å². The van der Waals surface area contributed by atoms with Crippen LogP contribution in [-0.2, 0) is 0 Å². The maximum atomic E-state index is 1.87. The molecule has 8 heavy (non-hydrogen) atoms. The van der Waals surface area contributed by atoms with Gasteiger partial charge in [-0.2, -0.15) is 0 Å². The molecule has 0 aromatic carbocycles. The van der Waals surface area contributed by atoms with Crippen molar-refractivity contribution < 1.29 is 0 Å². The fourth-order valence-corrected chi connectivity index (χ4v) is 2.03. The quantitative estimate of drug-likeness (QED) is 0.419. The molecular weight excluding hydrogens is 96.1 g/mol. The summed E-state index contributed by atoms with van der Waals surface area (Å²) in [7, 11) is 0. The lowest BCUT2D eigenvalue weighted by Gasteiger charge is -2.27. The Hall–Kier alpha value is -0.130. The summed E-state index contributed by atoms with van der Waals surface area (Å²) in [5, 5.41) is 0. The summed E-state index contributed by atoms with van der Waals surface area (Å²) in [5.41, 5.74) is 0. The van der Waals surface area contributed by atoms with Gasteiger partial charge in [-0.1, -0.05) is 0 Å². The average molecular weight is 109 g/mol. The topological polar surface area (TPSA) is 0 Å². The van der Waals surface area contributed by atoms with Gasteiger partial charge in [-0.05, 0) is 25.2 Å². The molecule has 3 fully saturated rings. The molecule has 0 heteroatoms. The Morgan fingerprint density at radius 2 is 1.38 bits per heavy atom. The van der Waals surface area contributed by atoms with Crippen LogP contribution in [0.5, 0.6) is 0 Å². The molecule has 0 aromatic heterocycles. The van der Waals surface area contributed by atoms with Crippen molar-refractivity contribution in [2.24, 2.45) is 5.92 Å². The van der Waals surface area contributed by atoms with Crippen molar-refractivity contribution in [1.82, 2.24) is 0 Å². The predicted octanol–water partition coefficient (Wildman–Crippen LogP) is 2.54. The highest BCUT2D eigenvalue weighted by Crippen LogP contribution is 2.42. The van der Waals surface area contributed by atoms with Crippen LogP contribution in [0.1, 0.15) is 38.5 Å². The second-order valence-electron chi connectivity index (χ2n) is 3.23. The third-order valence-corrected chi connectivity index (χ3v) is 2.72. The van der Waals surface area contributed by atoms with Crippen LogP contribution in [0.4, 0.5) is 0 Å². The third kappa shape index (κ3) is 0.630. The van der Waals surface area contributed by atoms with Crippen LogP contribution in [0.25, 0.3) is 0 Å².